The Balaban J connectivity index is 1.61. The van der Waals surface area contributed by atoms with Gasteiger partial charge >= 0.3 is 0 Å². The minimum absolute atomic E-state index is 0.0186. The number of furan rings is 1. The number of hydrogen-bond donors (Lipinski definition) is 2. The Hall–Kier alpha value is -2.21. The average molecular weight is 484 g/mol. The zero-order valence-electron chi connectivity index (χ0n) is 18.4. The van der Waals surface area contributed by atoms with E-state index in [9.17, 15) is 21.6 Å². The molecule has 176 valence electrons. The van der Waals surface area contributed by atoms with Gasteiger partial charge in [-0.3, -0.25) is 4.79 Å². The molecule has 1 amide bonds. The molecule has 1 aromatic carbocycles. The van der Waals surface area contributed by atoms with E-state index in [2.05, 4.69) is 10.0 Å². The van der Waals surface area contributed by atoms with Crippen LogP contribution in [0.4, 0.5) is 0 Å². The molecule has 0 spiro atoms. The Labute approximate surface area is 189 Å². The number of aryl methyl sites for hydroxylation is 1. The van der Waals surface area contributed by atoms with Crippen molar-refractivity contribution in [1.82, 2.24) is 14.3 Å². The highest BCUT2D eigenvalue weighted by Gasteiger charge is 2.31. The first-order chi connectivity index (χ1) is 15.0. The van der Waals surface area contributed by atoms with Gasteiger partial charge in [-0.15, -0.1) is 0 Å². The maximum atomic E-state index is 12.7. The number of sulfonamides is 2. The minimum atomic E-state index is -3.67. The molecule has 0 unspecified atom stereocenters. The minimum Gasteiger partial charge on any atom is -0.455 e. The molecule has 0 atom stereocenters. The van der Waals surface area contributed by atoms with Crippen LogP contribution in [0, 0.1) is 6.92 Å². The first-order valence-corrected chi connectivity index (χ1v) is 13.5. The van der Waals surface area contributed by atoms with Gasteiger partial charge in [0.1, 0.15) is 10.7 Å². The maximum Gasteiger partial charge on any atom is 0.287 e. The second-order valence-corrected chi connectivity index (χ2v) is 11.8. The standard InChI is InChI=1S/C21H29N3O6S2/c1-15(2)23-31(26,27)14-18-8-6-17(7-9-18)13-22-21(25)19-12-20(16(3)30-19)32(28,29)24-10-4-5-11-24/h6-9,12,15,23H,4-5,10-11,13-14H2,1-3H3,(H,22,25). The summed E-state index contributed by atoms with van der Waals surface area (Å²) in [6, 6.07) is 7.95. The summed E-state index contributed by atoms with van der Waals surface area (Å²) >= 11 is 0. The van der Waals surface area contributed by atoms with Crippen molar-refractivity contribution in [1.29, 1.82) is 0 Å². The molecule has 0 aliphatic carbocycles. The molecule has 32 heavy (non-hydrogen) atoms. The zero-order valence-corrected chi connectivity index (χ0v) is 20.1. The van der Waals surface area contributed by atoms with Crippen LogP contribution in [0.3, 0.4) is 0 Å². The van der Waals surface area contributed by atoms with Gasteiger partial charge in [0.25, 0.3) is 5.91 Å². The van der Waals surface area contributed by atoms with E-state index in [-0.39, 0.29) is 34.8 Å². The molecule has 2 N–H and O–H groups in total. The predicted octanol–water partition coefficient (Wildman–Crippen LogP) is 2.13. The number of carbonyl (C=O) groups excluding carboxylic acids is 1. The van der Waals surface area contributed by atoms with E-state index < -0.39 is 26.0 Å². The van der Waals surface area contributed by atoms with Gasteiger partial charge in [0.05, 0.1) is 5.75 Å². The summed E-state index contributed by atoms with van der Waals surface area (Å²) in [5.74, 6) is -0.535. The fourth-order valence-electron chi connectivity index (χ4n) is 3.54. The van der Waals surface area contributed by atoms with E-state index in [1.807, 2.05) is 0 Å². The number of hydrogen-bond acceptors (Lipinski definition) is 6. The lowest BCUT2D eigenvalue weighted by molar-refractivity contribution is 0.0922. The Morgan fingerprint density at radius 2 is 1.66 bits per heavy atom. The smallest absolute Gasteiger partial charge is 0.287 e. The molecule has 2 heterocycles. The Bertz CT molecular complexity index is 1160. The number of rotatable bonds is 9. The normalized spacial score (nSPS) is 15.4. The molecule has 0 bridgehead atoms. The van der Waals surface area contributed by atoms with Crippen LogP contribution in [0.15, 0.2) is 39.6 Å². The summed E-state index contributed by atoms with van der Waals surface area (Å²) in [4.78, 5) is 12.5. The van der Waals surface area contributed by atoms with Crippen molar-refractivity contribution in [3.8, 4) is 0 Å². The predicted molar refractivity (Wildman–Crippen MR) is 120 cm³/mol. The number of nitrogens with one attached hydrogen (secondary N) is 2. The quantitative estimate of drug-likeness (QED) is 0.563. The van der Waals surface area contributed by atoms with E-state index in [1.165, 1.54) is 17.3 Å². The van der Waals surface area contributed by atoms with Gasteiger partial charge in [-0.1, -0.05) is 24.3 Å². The van der Waals surface area contributed by atoms with Crippen molar-refractivity contribution in [2.45, 2.75) is 56.8 Å². The molecule has 1 aliphatic rings. The fraction of sp³-hybridized carbons (Fsp3) is 0.476. The average Bonchev–Trinajstić information content (AvgIpc) is 3.36. The van der Waals surface area contributed by atoms with Crippen LogP contribution < -0.4 is 10.0 Å². The molecule has 1 fully saturated rings. The van der Waals surface area contributed by atoms with Crippen LogP contribution in [-0.2, 0) is 32.3 Å². The van der Waals surface area contributed by atoms with Crippen molar-refractivity contribution >= 4 is 26.0 Å². The highest BCUT2D eigenvalue weighted by atomic mass is 32.2. The summed E-state index contributed by atoms with van der Waals surface area (Å²) in [7, 11) is -7.08. The SMILES string of the molecule is Cc1oc(C(=O)NCc2ccc(CS(=O)(=O)NC(C)C)cc2)cc1S(=O)(=O)N1CCCC1. The van der Waals surface area contributed by atoms with Crippen LogP contribution in [0.5, 0.6) is 0 Å². The third kappa shape index (κ3) is 5.97. The summed E-state index contributed by atoms with van der Waals surface area (Å²) in [5, 5.41) is 2.70. The molecule has 11 heteroatoms. The molecule has 1 aromatic heterocycles. The monoisotopic (exact) mass is 483 g/mol. The second kappa shape index (κ2) is 9.74. The van der Waals surface area contributed by atoms with Gasteiger partial charge in [0, 0.05) is 31.7 Å². The molecule has 0 saturated carbocycles. The van der Waals surface area contributed by atoms with Gasteiger partial charge in [-0.2, -0.15) is 4.31 Å². The van der Waals surface area contributed by atoms with Gasteiger partial charge in [0.15, 0.2) is 5.76 Å². The number of benzene rings is 1. The van der Waals surface area contributed by atoms with E-state index >= 15 is 0 Å². The lowest BCUT2D eigenvalue weighted by atomic mass is 10.1. The molecule has 1 aliphatic heterocycles. The van der Waals surface area contributed by atoms with Gasteiger partial charge < -0.3 is 9.73 Å². The van der Waals surface area contributed by atoms with Crippen LogP contribution >= 0.6 is 0 Å². The summed E-state index contributed by atoms with van der Waals surface area (Å²) < 4.78 is 58.9. The van der Waals surface area contributed by atoms with Crippen molar-refractivity contribution in [2.24, 2.45) is 0 Å². The van der Waals surface area contributed by atoms with Gasteiger partial charge in [-0.05, 0) is 44.7 Å². The van der Waals surface area contributed by atoms with E-state index in [0.29, 0.717) is 18.7 Å². The Morgan fingerprint density at radius 1 is 1.06 bits per heavy atom. The third-order valence-electron chi connectivity index (χ3n) is 5.03. The van der Waals surface area contributed by atoms with E-state index in [1.54, 1.807) is 38.1 Å². The maximum absolute atomic E-state index is 12.7. The molecule has 3 rings (SSSR count). The lowest BCUT2D eigenvalue weighted by Crippen LogP contribution is -2.31. The third-order valence-corrected chi connectivity index (χ3v) is 8.58. The number of carbonyl (C=O) groups is 1. The van der Waals surface area contributed by atoms with E-state index in [4.69, 9.17) is 4.42 Å². The fourth-order valence-corrected chi connectivity index (χ4v) is 6.65. The molecular formula is C21H29N3O6S2. The summed E-state index contributed by atoms with van der Waals surface area (Å²) in [6.07, 6.45) is 1.64. The second-order valence-electron chi connectivity index (χ2n) is 8.17. The molecule has 2 aromatic rings. The number of nitrogens with zero attached hydrogens (tertiary/aromatic N) is 1. The zero-order chi connectivity index (χ0) is 23.5. The Kier molecular flexibility index (Phi) is 7.43. The largest absolute Gasteiger partial charge is 0.455 e. The molecular weight excluding hydrogens is 454 g/mol. The van der Waals surface area contributed by atoms with E-state index in [0.717, 1.165) is 18.4 Å². The van der Waals surface area contributed by atoms with Crippen LogP contribution in [0.25, 0.3) is 0 Å². The highest BCUT2D eigenvalue weighted by molar-refractivity contribution is 7.89. The van der Waals surface area contributed by atoms with Crippen molar-refractivity contribution in [2.75, 3.05) is 13.1 Å². The summed E-state index contributed by atoms with van der Waals surface area (Å²) in [6.45, 7) is 6.17. The van der Waals surface area contributed by atoms with Crippen LogP contribution in [-0.4, -0.2) is 46.2 Å². The van der Waals surface area contributed by atoms with Gasteiger partial charge in [0.2, 0.25) is 20.0 Å². The van der Waals surface area contributed by atoms with Gasteiger partial charge in [-0.25, -0.2) is 21.6 Å². The van der Waals surface area contributed by atoms with Crippen molar-refractivity contribution < 1.29 is 26.0 Å². The molecule has 9 nitrogen and oxygen atoms in total. The van der Waals surface area contributed by atoms with Crippen LogP contribution in [0.2, 0.25) is 0 Å². The first kappa shape index (κ1) is 24.4. The summed E-state index contributed by atoms with van der Waals surface area (Å²) in [5.41, 5.74) is 1.40. The van der Waals surface area contributed by atoms with Crippen LogP contribution in [0.1, 0.15) is 54.1 Å². The topological polar surface area (TPSA) is 126 Å². The Morgan fingerprint density at radius 3 is 2.25 bits per heavy atom. The van der Waals surface area contributed by atoms with Crippen molar-refractivity contribution in [3.05, 3.63) is 53.0 Å². The number of amides is 1. The lowest BCUT2D eigenvalue weighted by Gasteiger charge is -2.14. The van der Waals surface area contributed by atoms with Crippen molar-refractivity contribution in [3.63, 3.8) is 0 Å². The highest BCUT2D eigenvalue weighted by Crippen LogP contribution is 2.26. The first-order valence-electron chi connectivity index (χ1n) is 10.4. The molecule has 0 radical (unpaired) electrons. The molecule has 1 saturated heterocycles.